The Balaban J connectivity index is 2.21. The highest BCUT2D eigenvalue weighted by atomic mass is 79.9. The van der Waals surface area contributed by atoms with Crippen LogP contribution in [-0.4, -0.2) is 24.9 Å². The van der Waals surface area contributed by atoms with E-state index in [1.54, 1.807) is 37.6 Å². The summed E-state index contributed by atoms with van der Waals surface area (Å²) in [6.45, 7) is 2.08. The summed E-state index contributed by atoms with van der Waals surface area (Å²) >= 11 is 11.3. The van der Waals surface area contributed by atoms with Gasteiger partial charge in [-0.15, -0.1) is 11.3 Å². The van der Waals surface area contributed by atoms with Crippen LogP contribution in [0, 0.1) is 0 Å². The highest BCUT2D eigenvalue weighted by Gasteiger charge is 2.14. The summed E-state index contributed by atoms with van der Waals surface area (Å²) in [5, 5.41) is 3.86. The summed E-state index contributed by atoms with van der Waals surface area (Å²) in [5.41, 5.74) is 1.38. The molecule has 0 saturated carbocycles. The van der Waals surface area contributed by atoms with E-state index < -0.39 is 0 Å². The van der Waals surface area contributed by atoms with Gasteiger partial charge in [-0.3, -0.25) is 4.79 Å². The van der Waals surface area contributed by atoms with E-state index in [1.807, 2.05) is 12.1 Å². The summed E-state index contributed by atoms with van der Waals surface area (Å²) in [6.07, 6.45) is 0. The Bertz CT molecular complexity index is 657. The Morgan fingerprint density at radius 1 is 1.33 bits per heavy atom. The Hall–Kier alpha value is -1.04. The van der Waals surface area contributed by atoms with Crippen molar-refractivity contribution < 1.29 is 4.79 Å². The fraction of sp³-hybridized carbons (Fsp3) is 0.267. The molecule has 0 spiro atoms. The van der Waals surface area contributed by atoms with Crippen LogP contribution in [0.25, 0.3) is 0 Å². The van der Waals surface area contributed by atoms with E-state index in [1.165, 1.54) is 9.78 Å². The van der Waals surface area contributed by atoms with Gasteiger partial charge in [0.2, 0.25) is 0 Å². The number of rotatable bonds is 4. The largest absolute Gasteiger partial charge is 0.378 e. The molecule has 0 aliphatic heterocycles. The zero-order chi connectivity index (χ0) is 15.6. The van der Waals surface area contributed by atoms with Crippen molar-refractivity contribution in [2.45, 2.75) is 13.0 Å². The van der Waals surface area contributed by atoms with E-state index >= 15 is 0 Å². The molecule has 1 aromatic heterocycles. The van der Waals surface area contributed by atoms with Crippen LogP contribution in [0.1, 0.15) is 28.2 Å². The summed E-state index contributed by atoms with van der Waals surface area (Å²) in [4.78, 5) is 14.8. The second-order valence-electron chi connectivity index (χ2n) is 4.90. The molecule has 1 heterocycles. The molecule has 21 heavy (non-hydrogen) atoms. The molecule has 112 valence electrons. The van der Waals surface area contributed by atoms with E-state index in [2.05, 4.69) is 34.2 Å². The number of nitrogens with zero attached hydrogens (tertiary/aromatic N) is 1. The number of benzene rings is 1. The minimum absolute atomic E-state index is 0.102. The van der Waals surface area contributed by atoms with E-state index in [-0.39, 0.29) is 11.9 Å². The molecule has 1 amide bonds. The zero-order valence-electron chi connectivity index (χ0n) is 12.0. The van der Waals surface area contributed by atoms with E-state index in [0.717, 1.165) is 9.47 Å². The van der Waals surface area contributed by atoms with Gasteiger partial charge in [-0.05, 0) is 53.2 Å². The third kappa shape index (κ3) is 3.99. The van der Waals surface area contributed by atoms with Crippen LogP contribution in [0.4, 0.5) is 5.69 Å². The number of carbonyl (C=O) groups excluding carboxylic acids is 1. The van der Waals surface area contributed by atoms with Gasteiger partial charge in [0.1, 0.15) is 0 Å². The van der Waals surface area contributed by atoms with Gasteiger partial charge in [0.15, 0.2) is 0 Å². The molecular weight excluding hydrogens is 372 g/mol. The van der Waals surface area contributed by atoms with Crippen LogP contribution in [0.2, 0.25) is 5.02 Å². The van der Waals surface area contributed by atoms with Crippen LogP contribution in [0.15, 0.2) is 34.1 Å². The molecule has 6 heteroatoms. The second-order valence-corrected chi connectivity index (χ2v) is 7.80. The predicted molar refractivity (Wildman–Crippen MR) is 93.5 cm³/mol. The Morgan fingerprint density at radius 3 is 2.62 bits per heavy atom. The average molecular weight is 388 g/mol. The van der Waals surface area contributed by atoms with Gasteiger partial charge in [0, 0.05) is 24.7 Å². The third-order valence-corrected chi connectivity index (χ3v) is 5.14. The van der Waals surface area contributed by atoms with Crippen molar-refractivity contribution in [3.8, 4) is 0 Å². The Labute approximate surface area is 142 Å². The minimum atomic E-state index is -0.102. The van der Waals surface area contributed by atoms with Crippen LogP contribution in [0.3, 0.4) is 0 Å². The molecule has 3 nitrogen and oxygen atoms in total. The highest BCUT2D eigenvalue weighted by Crippen LogP contribution is 2.30. The van der Waals surface area contributed by atoms with Gasteiger partial charge in [0.25, 0.3) is 5.91 Å². The van der Waals surface area contributed by atoms with Gasteiger partial charge >= 0.3 is 0 Å². The number of nitrogens with one attached hydrogen (secondary N) is 1. The molecule has 0 fully saturated rings. The zero-order valence-corrected chi connectivity index (χ0v) is 15.1. The first-order chi connectivity index (χ1) is 9.88. The molecule has 0 bridgehead atoms. The topological polar surface area (TPSA) is 32.3 Å². The maximum atomic E-state index is 12.1. The first-order valence-corrected chi connectivity index (χ1v) is 8.40. The van der Waals surface area contributed by atoms with Crippen molar-refractivity contribution in [1.29, 1.82) is 0 Å². The molecule has 0 radical (unpaired) electrons. The lowest BCUT2D eigenvalue weighted by atomic mass is 10.1. The first-order valence-electron chi connectivity index (χ1n) is 6.41. The number of hydrogen-bond donors (Lipinski definition) is 1. The van der Waals surface area contributed by atoms with E-state index in [0.29, 0.717) is 10.6 Å². The lowest BCUT2D eigenvalue weighted by Gasteiger charge is -2.16. The van der Waals surface area contributed by atoms with Crippen LogP contribution < -0.4 is 5.32 Å². The van der Waals surface area contributed by atoms with Gasteiger partial charge in [-0.2, -0.15) is 0 Å². The summed E-state index contributed by atoms with van der Waals surface area (Å²) in [5.74, 6) is -0.102. The van der Waals surface area contributed by atoms with Crippen molar-refractivity contribution in [1.82, 2.24) is 4.90 Å². The van der Waals surface area contributed by atoms with E-state index in [4.69, 9.17) is 11.6 Å². The number of halogens is 2. The van der Waals surface area contributed by atoms with Gasteiger partial charge in [0.05, 0.1) is 20.4 Å². The molecule has 2 rings (SSSR count). The fourth-order valence-corrected chi connectivity index (χ4v) is 3.53. The minimum Gasteiger partial charge on any atom is -0.378 e. The SMILES string of the molecule is CC(Nc1ccc(Cl)c(C(=O)N(C)C)c1)c1ccc(Br)s1. The number of amides is 1. The first kappa shape index (κ1) is 16.3. The van der Waals surface area contributed by atoms with Crippen LogP contribution >= 0.6 is 38.9 Å². The lowest BCUT2D eigenvalue weighted by Crippen LogP contribution is -2.22. The van der Waals surface area contributed by atoms with Gasteiger partial charge < -0.3 is 10.2 Å². The monoisotopic (exact) mass is 386 g/mol. The molecule has 1 unspecified atom stereocenters. The van der Waals surface area contributed by atoms with E-state index in [9.17, 15) is 4.79 Å². The fourth-order valence-electron chi connectivity index (χ4n) is 1.90. The molecule has 0 aliphatic carbocycles. The van der Waals surface area contributed by atoms with Crippen molar-refractivity contribution >= 4 is 50.5 Å². The smallest absolute Gasteiger partial charge is 0.254 e. The maximum absolute atomic E-state index is 12.1. The number of thiophene rings is 1. The summed E-state index contributed by atoms with van der Waals surface area (Å²) in [7, 11) is 3.43. The molecule has 2 aromatic rings. The molecule has 1 N–H and O–H groups in total. The second kappa shape index (κ2) is 6.81. The average Bonchev–Trinajstić information content (AvgIpc) is 2.86. The molecule has 0 aliphatic rings. The number of anilines is 1. The van der Waals surface area contributed by atoms with Gasteiger partial charge in [-0.1, -0.05) is 11.6 Å². The standard InChI is InChI=1S/C15H16BrClN2OS/c1-9(13-6-7-14(16)21-13)18-10-4-5-12(17)11(8-10)15(20)19(2)3/h4-9,18H,1-3H3. The Kier molecular flexibility index (Phi) is 5.30. The molecular formula is C15H16BrClN2OS. The molecule has 0 saturated heterocycles. The third-order valence-electron chi connectivity index (χ3n) is 3.01. The Morgan fingerprint density at radius 2 is 2.05 bits per heavy atom. The molecule has 1 atom stereocenters. The molecule has 1 aromatic carbocycles. The maximum Gasteiger partial charge on any atom is 0.254 e. The van der Waals surface area contributed by atoms with Crippen molar-refractivity contribution in [2.75, 3.05) is 19.4 Å². The number of hydrogen-bond acceptors (Lipinski definition) is 3. The normalized spacial score (nSPS) is 12.0. The van der Waals surface area contributed by atoms with Crippen LogP contribution in [0.5, 0.6) is 0 Å². The summed E-state index contributed by atoms with van der Waals surface area (Å²) in [6, 6.07) is 9.69. The van der Waals surface area contributed by atoms with Gasteiger partial charge in [-0.25, -0.2) is 0 Å². The quantitative estimate of drug-likeness (QED) is 0.797. The van der Waals surface area contributed by atoms with Crippen LogP contribution in [-0.2, 0) is 0 Å². The number of carbonyl (C=O) groups is 1. The summed E-state index contributed by atoms with van der Waals surface area (Å²) < 4.78 is 1.10. The van der Waals surface area contributed by atoms with Crippen molar-refractivity contribution in [3.05, 3.63) is 49.6 Å². The van der Waals surface area contributed by atoms with Crippen molar-refractivity contribution in [3.63, 3.8) is 0 Å². The van der Waals surface area contributed by atoms with Crippen molar-refractivity contribution in [2.24, 2.45) is 0 Å². The predicted octanol–water partition coefficient (Wildman–Crippen LogP) is 5.04. The highest BCUT2D eigenvalue weighted by molar-refractivity contribution is 9.11. The lowest BCUT2D eigenvalue weighted by molar-refractivity contribution is 0.0828.